The van der Waals surface area contributed by atoms with Crippen LogP contribution in [0, 0.1) is 0 Å². The van der Waals surface area contributed by atoms with E-state index in [9.17, 15) is 24.6 Å². The van der Waals surface area contributed by atoms with Crippen LogP contribution in [0.5, 0.6) is 5.75 Å². The number of aliphatic hydroxyl groups is 1. The average Bonchev–Trinajstić information content (AvgIpc) is 3.50. The highest BCUT2D eigenvalue weighted by Gasteiger charge is 2.38. The Morgan fingerprint density at radius 2 is 1.87 bits per heavy atom. The van der Waals surface area contributed by atoms with Gasteiger partial charge < -0.3 is 19.5 Å². The summed E-state index contributed by atoms with van der Waals surface area (Å²) in [7, 11) is 0. The molecular weight excluding hydrogens is 386 g/mol. The molecule has 1 unspecified atom stereocenters. The lowest BCUT2D eigenvalue weighted by Gasteiger charge is -2.21. The maximum Gasteiger partial charge on any atom is 0.223 e. The van der Waals surface area contributed by atoms with Gasteiger partial charge in [0.1, 0.15) is 17.6 Å². The third kappa shape index (κ3) is 2.78. The molecule has 0 amide bonds. The minimum absolute atomic E-state index is 0.0629. The highest BCUT2D eigenvalue weighted by atomic mass is 16.3. The van der Waals surface area contributed by atoms with E-state index in [1.54, 1.807) is 6.92 Å². The third-order valence-electron chi connectivity index (χ3n) is 5.61. The number of phenolic OH excluding ortho intramolecular Hbond substituents is 1. The van der Waals surface area contributed by atoms with Crippen LogP contribution < -0.4 is 10.3 Å². The number of hydrogen-bond donors (Lipinski definition) is 2. The second kappa shape index (κ2) is 6.32. The number of Topliss-reactive ketones (excluding diaryl/α,β-unsaturated/α-hetero) is 2. The molecule has 1 aromatic carbocycles. The zero-order chi connectivity index (χ0) is 21.2. The van der Waals surface area contributed by atoms with Gasteiger partial charge >= 0.3 is 0 Å². The van der Waals surface area contributed by atoms with E-state index in [0.717, 1.165) is 11.3 Å². The Hall–Kier alpha value is -3.87. The number of carbonyl (C=O) groups excluding carboxylic acids is 2. The molecule has 0 aromatic heterocycles. The van der Waals surface area contributed by atoms with Gasteiger partial charge in [-0.3, -0.25) is 14.4 Å². The van der Waals surface area contributed by atoms with E-state index in [-0.39, 0.29) is 24.0 Å². The summed E-state index contributed by atoms with van der Waals surface area (Å²) in [6, 6.07) is 9.95. The summed E-state index contributed by atoms with van der Waals surface area (Å²) in [4.78, 5) is 37.6. The van der Waals surface area contributed by atoms with Crippen molar-refractivity contribution in [3.63, 3.8) is 0 Å². The molecule has 7 heteroatoms. The summed E-state index contributed by atoms with van der Waals surface area (Å²) in [6.07, 6.45) is 1.19. The van der Waals surface area contributed by atoms with Crippen molar-refractivity contribution < 1.29 is 24.2 Å². The second-order valence-corrected chi connectivity index (χ2v) is 7.59. The van der Waals surface area contributed by atoms with E-state index in [1.165, 1.54) is 18.2 Å². The Morgan fingerprint density at radius 1 is 1.13 bits per heavy atom. The molecule has 2 heterocycles. The van der Waals surface area contributed by atoms with E-state index in [2.05, 4.69) is 0 Å². The van der Waals surface area contributed by atoms with E-state index in [4.69, 9.17) is 4.42 Å². The number of allylic oxidation sites excluding steroid dienone is 1. The number of benzene rings is 2. The predicted octanol–water partition coefficient (Wildman–Crippen LogP) is 2.92. The topological polar surface area (TPSA) is 108 Å². The van der Waals surface area contributed by atoms with Gasteiger partial charge in [-0.05, 0) is 30.7 Å². The Morgan fingerprint density at radius 3 is 2.53 bits per heavy atom. The van der Waals surface area contributed by atoms with Gasteiger partial charge in [0.2, 0.25) is 11.2 Å². The van der Waals surface area contributed by atoms with Crippen LogP contribution in [0.15, 0.2) is 51.4 Å². The summed E-state index contributed by atoms with van der Waals surface area (Å²) in [5.74, 6) is -0.581. The van der Waals surface area contributed by atoms with E-state index < -0.39 is 22.7 Å². The molecule has 2 aliphatic carbocycles. The molecule has 0 spiro atoms. The summed E-state index contributed by atoms with van der Waals surface area (Å²) >= 11 is 0. The molecule has 1 saturated heterocycles. The molecular formula is C23H17NO6. The normalized spacial score (nSPS) is 17.6. The largest absolute Gasteiger partial charge is 0.504 e. The van der Waals surface area contributed by atoms with Crippen molar-refractivity contribution in [3.05, 3.63) is 63.7 Å². The molecule has 5 rings (SSSR count). The van der Waals surface area contributed by atoms with Gasteiger partial charge in [0.15, 0.2) is 17.3 Å². The summed E-state index contributed by atoms with van der Waals surface area (Å²) in [6.45, 7) is 2.26. The highest BCUT2D eigenvalue weighted by molar-refractivity contribution is 6.04. The number of nitrogens with zero attached hydrogens (tertiary/aromatic N) is 1. The van der Waals surface area contributed by atoms with Crippen LogP contribution in [-0.2, 0) is 16.0 Å². The van der Waals surface area contributed by atoms with Crippen molar-refractivity contribution in [2.45, 2.75) is 19.4 Å². The van der Waals surface area contributed by atoms with Gasteiger partial charge in [0, 0.05) is 47.5 Å². The SMILES string of the molecule is CC(=O)C1CN1c1ccc(-c2c3cc(O)c(=O)cc-3oc3c2CC(=O)C(O)=C3)cc1. The van der Waals surface area contributed by atoms with Gasteiger partial charge in [0.05, 0.1) is 0 Å². The Bertz CT molecular complexity index is 1280. The van der Waals surface area contributed by atoms with Crippen molar-refractivity contribution in [1.82, 2.24) is 0 Å². The number of fused-ring (bicyclic) bond motifs is 2. The fourth-order valence-electron chi connectivity index (χ4n) is 3.97. The van der Waals surface area contributed by atoms with E-state index in [1.807, 2.05) is 29.2 Å². The lowest BCUT2D eigenvalue weighted by Crippen LogP contribution is -2.14. The van der Waals surface area contributed by atoms with Crippen LogP contribution in [0.25, 0.3) is 28.5 Å². The number of carbonyl (C=O) groups is 2. The van der Waals surface area contributed by atoms with Crippen molar-refractivity contribution in [2.75, 3.05) is 11.4 Å². The number of rotatable bonds is 3. The maximum absolute atomic E-state index is 12.2. The number of anilines is 1. The van der Waals surface area contributed by atoms with Crippen molar-refractivity contribution in [3.8, 4) is 28.2 Å². The van der Waals surface area contributed by atoms with E-state index >= 15 is 0 Å². The van der Waals surface area contributed by atoms with Crippen molar-refractivity contribution >= 4 is 23.3 Å². The maximum atomic E-state index is 12.2. The first kappa shape index (κ1) is 18.2. The molecule has 150 valence electrons. The smallest absolute Gasteiger partial charge is 0.223 e. The number of ketones is 2. The number of aromatic hydroxyl groups is 1. The van der Waals surface area contributed by atoms with Crippen LogP contribution in [0.1, 0.15) is 18.2 Å². The van der Waals surface area contributed by atoms with Gasteiger partial charge in [-0.15, -0.1) is 0 Å². The highest BCUT2D eigenvalue weighted by Crippen LogP contribution is 2.42. The van der Waals surface area contributed by atoms with Gasteiger partial charge in [0.25, 0.3) is 0 Å². The summed E-state index contributed by atoms with van der Waals surface area (Å²) in [5.41, 5.74) is 2.82. The summed E-state index contributed by atoms with van der Waals surface area (Å²) in [5, 5.41) is 19.8. The lowest BCUT2D eigenvalue weighted by atomic mass is 9.87. The molecule has 0 radical (unpaired) electrons. The first-order valence-corrected chi connectivity index (χ1v) is 9.47. The quantitative estimate of drug-likeness (QED) is 0.648. The van der Waals surface area contributed by atoms with Crippen LogP contribution >= 0.6 is 0 Å². The Balaban J connectivity index is 1.69. The molecule has 0 bridgehead atoms. The minimum atomic E-state index is -0.579. The van der Waals surface area contributed by atoms with Crippen LogP contribution in [-0.4, -0.2) is 34.4 Å². The first-order chi connectivity index (χ1) is 14.3. The third-order valence-corrected chi connectivity index (χ3v) is 5.61. The predicted molar refractivity (Wildman–Crippen MR) is 110 cm³/mol. The molecule has 1 fully saturated rings. The lowest BCUT2D eigenvalue weighted by molar-refractivity contribution is -0.117. The standard InChI is InChI=1S/C23H17NO6/c1-11(25)16-10-24(16)13-4-2-12(3-5-13)23-14-6-17(26)19(28)8-21(14)30-22-9-20(29)18(27)7-15(22)23/h2-6,8-9,16,26,29H,7,10H2,1H3. The number of phenols is 1. The second-order valence-electron chi connectivity index (χ2n) is 7.59. The van der Waals surface area contributed by atoms with Crippen LogP contribution in [0.2, 0.25) is 0 Å². The molecule has 1 aromatic rings. The zero-order valence-corrected chi connectivity index (χ0v) is 16.0. The fourth-order valence-corrected chi connectivity index (χ4v) is 3.97. The van der Waals surface area contributed by atoms with Crippen molar-refractivity contribution in [2.24, 2.45) is 0 Å². The minimum Gasteiger partial charge on any atom is -0.504 e. The summed E-state index contributed by atoms with van der Waals surface area (Å²) < 4.78 is 5.77. The monoisotopic (exact) mass is 403 g/mol. The Kier molecular flexibility index (Phi) is 3.83. The molecule has 2 N–H and O–H groups in total. The van der Waals surface area contributed by atoms with Gasteiger partial charge in [-0.25, -0.2) is 0 Å². The first-order valence-electron chi connectivity index (χ1n) is 9.47. The molecule has 2 aliphatic heterocycles. The molecule has 1 atom stereocenters. The molecule has 30 heavy (non-hydrogen) atoms. The molecule has 4 aliphatic rings. The van der Waals surface area contributed by atoms with Gasteiger partial charge in [-0.2, -0.15) is 0 Å². The van der Waals surface area contributed by atoms with E-state index in [0.29, 0.717) is 29.0 Å². The number of aliphatic hydroxyl groups excluding tert-OH is 1. The fraction of sp³-hybridized carbons (Fsp3) is 0.174. The zero-order valence-electron chi connectivity index (χ0n) is 16.0. The van der Waals surface area contributed by atoms with Crippen LogP contribution in [0.3, 0.4) is 0 Å². The molecule has 0 saturated carbocycles. The average molecular weight is 403 g/mol. The van der Waals surface area contributed by atoms with Crippen molar-refractivity contribution in [1.29, 1.82) is 0 Å². The van der Waals surface area contributed by atoms with Gasteiger partial charge in [-0.1, -0.05) is 12.1 Å². The van der Waals surface area contributed by atoms with Crippen LogP contribution in [0.4, 0.5) is 5.69 Å². The molecule has 7 nitrogen and oxygen atoms in total. The Labute approximate surface area is 170 Å². The number of hydrogen-bond acceptors (Lipinski definition) is 7.